The first-order valence-corrected chi connectivity index (χ1v) is 7.02. The third kappa shape index (κ3) is 2.07. The fraction of sp³-hybridized carbons (Fsp3) is 0.250. The predicted molar refractivity (Wildman–Crippen MR) is 82.9 cm³/mol. The lowest BCUT2D eigenvalue weighted by Gasteiger charge is -2.30. The van der Waals surface area contributed by atoms with Crippen molar-refractivity contribution >= 4 is 11.7 Å². The quantitative estimate of drug-likeness (QED) is 0.819. The molecule has 0 fully saturated rings. The molecule has 0 saturated carbocycles. The molecule has 7 nitrogen and oxygen atoms in total. The molecule has 1 N–H and O–H groups in total. The molecule has 1 aromatic carbocycles. The topological polar surface area (TPSA) is 96.9 Å². The van der Waals surface area contributed by atoms with Crippen LogP contribution in [0.15, 0.2) is 39.9 Å². The molecule has 2 heterocycles. The second kappa shape index (κ2) is 5.25. The molecule has 2 aromatic rings. The maximum atomic E-state index is 12.6. The molecule has 1 amide bonds. The number of hydrogen-bond donors (Lipinski definition) is 1. The van der Waals surface area contributed by atoms with Crippen LogP contribution in [-0.2, 0) is 18.9 Å². The van der Waals surface area contributed by atoms with Crippen LogP contribution in [0.2, 0.25) is 0 Å². The maximum Gasteiger partial charge on any atom is 0.332 e. The second-order valence-electron chi connectivity index (χ2n) is 5.45. The third-order valence-electron chi connectivity index (χ3n) is 4.17. The number of nitriles is 1. The van der Waals surface area contributed by atoms with Crippen LogP contribution in [0.5, 0.6) is 0 Å². The minimum absolute atomic E-state index is 0.156. The van der Waals surface area contributed by atoms with Crippen molar-refractivity contribution in [2.24, 2.45) is 20.0 Å². The molecule has 0 aliphatic carbocycles. The Kier molecular flexibility index (Phi) is 3.37. The van der Waals surface area contributed by atoms with E-state index in [1.807, 2.05) is 12.1 Å². The van der Waals surface area contributed by atoms with Crippen LogP contribution in [0.25, 0.3) is 0 Å². The summed E-state index contributed by atoms with van der Waals surface area (Å²) >= 11 is 0. The first-order valence-electron chi connectivity index (χ1n) is 7.02. The van der Waals surface area contributed by atoms with Gasteiger partial charge in [0.05, 0.1) is 11.6 Å². The van der Waals surface area contributed by atoms with E-state index in [1.54, 1.807) is 24.3 Å². The van der Waals surface area contributed by atoms with E-state index in [4.69, 9.17) is 0 Å². The molecule has 23 heavy (non-hydrogen) atoms. The van der Waals surface area contributed by atoms with Gasteiger partial charge in [-0.3, -0.25) is 18.7 Å². The number of carbonyl (C=O) groups excluding carboxylic acids is 1. The number of nitrogens with one attached hydrogen (secondary N) is 1. The van der Waals surface area contributed by atoms with E-state index in [9.17, 15) is 19.6 Å². The van der Waals surface area contributed by atoms with Gasteiger partial charge in [0, 0.05) is 20.0 Å². The molecule has 0 saturated heterocycles. The Bertz CT molecular complexity index is 950. The molecule has 1 aliphatic heterocycles. The highest BCUT2D eigenvalue weighted by atomic mass is 16.2. The monoisotopic (exact) mass is 310 g/mol. The van der Waals surface area contributed by atoms with Crippen LogP contribution in [0.4, 0.5) is 5.82 Å². The summed E-state index contributed by atoms with van der Waals surface area (Å²) in [6, 6.07) is 10.9. The van der Waals surface area contributed by atoms with Gasteiger partial charge in [0.1, 0.15) is 11.7 Å². The molecule has 1 aliphatic rings. The lowest BCUT2D eigenvalue weighted by molar-refractivity contribution is -0.119. The fourth-order valence-electron chi connectivity index (χ4n) is 2.97. The zero-order valence-electron chi connectivity index (χ0n) is 12.6. The number of anilines is 1. The van der Waals surface area contributed by atoms with E-state index >= 15 is 0 Å². The largest absolute Gasteiger partial charge is 0.332 e. The third-order valence-corrected chi connectivity index (χ3v) is 4.17. The number of rotatable bonds is 1. The SMILES string of the molecule is Cn1c2c(c(=O)n(C)c1=O)[C@@H](c1ccccc1)[C@H](C#N)C(=O)N2. The minimum Gasteiger partial charge on any atom is -0.310 e. The second-order valence-corrected chi connectivity index (χ2v) is 5.45. The highest BCUT2D eigenvalue weighted by Gasteiger charge is 2.40. The first kappa shape index (κ1) is 14.8. The van der Waals surface area contributed by atoms with Crippen molar-refractivity contribution in [1.82, 2.24) is 9.13 Å². The molecule has 0 unspecified atom stereocenters. The average molecular weight is 310 g/mol. The summed E-state index contributed by atoms with van der Waals surface area (Å²) in [5.74, 6) is -2.11. The summed E-state index contributed by atoms with van der Waals surface area (Å²) < 4.78 is 2.21. The van der Waals surface area contributed by atoms with E-state index in [2.05, 4.69) is 5.32 Å². The van der Waals surface area contributed by atoms with Gasteiger partial charge in [-0.15, -0.1) is 0 Å². The van der Waals surface area contributed by atoms with E-state index in [-0.39, 0.29) is 11.4 Å². The van der Waals surface area contributed by atoms with Crippen molar-refractivity contribution in [1.29, 1.82) is 5.26 Å². The molecule has 7 heteroatoms. The van der Waals surface area contributed by atoms with E-state index in [0.29, 0.717) is 5.56 Å². The summed E-state index contributed by atoms with van der Waals surface area (Å²) in [4.78, 5) is 37.0. The molecule has 0 bridgehead atoms. The maximum absolute atomic E-state index is 12.6. The first-order chi connectivity index (χ1) is 11.0. The van der Waals surface area contributed by atoms with Crippen molar-refractivity contribution in [2.75, 3.05) is 5.32 Å². The summed E-state index contributed by atoms with van der Waals surface area (Å²) in [7, 11) is 2.86. The Morgan fingerprint density at radius 1 is 1.09 bits per heavy atom. The number of amides is 1. The van der Waals surface area contributed by atoms with Crippen molar-refractivity contribution in [3.05, 3.63) is 62.3 Å². The number of nitrogens with zero attached hydrogens (tertiary/aromatic N) is 3. The molecule has 1 aromatic heterocycles. The average Bonchev–Trinajstić information content (AvgIpc) is 2.57. The predicted octanol–water partition coefficient (Wildman–Crippen LogP) is 0.308. The van der Waals surface area contributed by atoms with Crippen molar-refractivity contribution in [2.45, 2.75) is 5.92 Å². The normalized spacial score (nSPS) is 19.6. The number of fused-ring (bicyclic) bond motifs is 1. The molecule has 116 valence electrons. The Morgan fingerprint density at radius 3 is 2.35 bits per heavy atom. The van der Waals surface area contributed by atoms with Crippen LogP contribution < -0.4 is 16.6 Å². The van der Waals surface area contributed by atoms with Crippen molar-refractivity contribution < 1.29 is 4.79 Å². The van der Waals surface area contributed by atoms with Crippen LogP contribution >= 0.6 is 0 Å². The molecule has 2 atom stereocenters. The smallest absolute Gasteiger partial charge is 0.310 e. The Hall–Kier alpha value is -3.14. The highest BCUT2D eigenvalue weighted by Crippen LogP contribution is 2.37. The van der Waals surface area contributed by atoms with Crippen molar-refractivity contribution in [3.8, 4) is 6.07 Å². The fourth-order valence-corrected chi connectivity index (χ4v) is 2.97. The van der Waals surface area contributed by atoms with Gasteiger partial charge < -0.3 is 5.32 Å². The summed E-state index contributed by atoms with van der Waals surface area (Å²) in [6.45, 7) is 0. The number of benzene rings is 1. The standard InChI is InChI=1S/C16H14N4O3/c1-19-13-12(15(22)20(2)16(19)23)11(9-6-4-3-5-7-9)10(8-17)14(21)18-13/h3-7,10-11H,1-2H3,(H,18,21)/t10-,11-/m0/s1. The van der Waals surface area contributed by atoms with Gasteiger partial charge in [-0.05, 0) is 5.56 Å². The van der Waals surface area contributed by atoms with E-state index in [1.165, 1.54) is 18.7 Å². The molecular weight excluding hydrogens is 296 g/mol. The zero-order chi connectivity index (χ0) is 16.7. The van der Waals surface area contributed by atoms with Gasteiger partial charge in [0.15, 0.2) is 0 Å². The van der Waals surface area contributed by atoms with Crippen molar-refractivity contribution in [3.63, 3.8) is 0 Å². The number of hydrogen-bond acceptors (Lipinski definition) is 4. The van der Waals surface area contributed by atoms with Gasteiger partial charge in [0.2, 0.25) is 5.91 Å². The molecule has 0 spiro atoms. The lowest BCUT2D eigenvalue weighted by atomic mass is 9.79. The number of carbonyl (C=O) groups is 1. The molecular formula is C16H14N4O3. The molecule has 0 radical (unpaired) electrons. The summed E-state index contributed by atoms with van der Waals surface area (Å²) in [6.07, 6.45) is 0. The summed E-state index contributed by atoms with van der Waals surface area (Å²) in [5, 5.41) is 11.9. The Labute approximate surface area is 131 Å². The Balaban J connectivity index is 2.41. The van der Waals surface area contributed by atoms with E-state index in [0.717, 1.165) is 4.57 Å². The lowest BCUT2D eigenvalue weighted by Crippen LogP contribution is -2.46. The zero-order valence-corrected chi connectivity index (χ0v) is 12.6. The van der Waals surface area contributed by atoms with Gasteiger partial charge in [-0.1, -0.05) is 30.3 Å². The van der Waals surface area contributed by atoms with Gasteiger partial charge in [-0.2, -0.15) is 5.26 Å². The summed E-state index contributed by atoms with van der Waals surface area (Å²) in [5.41, 5.74) is -0.0914. The minimum atomic E-state index is -1.03. The van der Waals surface area contributed by atoms with Crippen LogP contribution in [0.3, 0.4) is 0 Å². The van der Waals surface area contributed by atoms with Crippen LogP contribution in [-0.4, -0.2) is 15.0 Å². The van der Waals surface area contributed by atoms with Gasteiger partial charge in [0.25, 0.3) is 5.56 Å². The van der Waals surface area contributed by atoms with Gasteiger partial charge >= 0.3 is 5.69 Å². The van der Waals surface area contributed by atoms with Crippen LogP contribution in [0, 0.1) is 17.2 Å². The Morgan fingerprint density at radius 2 is 1.74 bits per heavy atom. The highest BCUT2D eigenvalue weighted by molar-refractivity contribution is 5.97. The van der Waals surface area contributed by atoms with Crippen LogP contribution in [0.1, 0.15) is 17.0 Å². The van der Waals surface area contributed by atoms with E-state index < -0.39 is 29.0 Å². The van der Waals surface area contributed by atoms with Gasteiger partial charge in [-0.25, -0.2) is 4.79 Å². The molecule has 3 rings (SSSR count). The number of aromatic nitrogens is 2.